The van der Waals surface area contributed by atoms with E-state index in [0.717, 1.165) is 4.88 Å². The number of nitrogens with zero attached hydrogens (tertiary/aromatic N) is 2. The molecule has 0 N–H and O–H groups in total. The Hall–Kier alpha value is -0.390. The maximum absolute atomic E-state index is 5.65. The van der Waals surface area contributed by atoms with Crippen LogP contribution in [0.4, 0.5) is 0 Å². The summed E-state index contributed by atoms with van der Waals surface area (Å²) in [5, 5.41) is 0.463. The highest BCUT2D eigenvalue weighted by Crippen LogP contribution is 2.18. The third kappa shape index (κ3) is 3.46. The van der Waals surface area contributed by atoms with Crippen molar-refractivity contribution in [3.05, 3.63) is 15.5 Å². The van der Waals surface area contributed by atoms with Gasteiger partial charge in [0.05, 0.1) is 4.88 Å². The van der Waals surface area contributed by atoms with Gasteiger partial charge in [-0.05, 0) is 12.2 Å². The van der Waals surface area contributed by atoms with Crippen LogP contribution < -0.4 is 0 Å². The molecule has 72 valence electrons. The molecule has 3 nitrogen and oxygen atoms in total. The molecule has 6 heteroatoms. The van der Waals surface area contributed by atoms with Gasteiger partial charge in [-0.3, -0.25) is 0 Å². The SMILES string of the molecule is CN(C)C(=S)OCc1cnc(Cl)s1. The summed E-state index contributed by atoms with van der Waals surface area (Å²) in [6, 6.07) is 0. The van der Waals surface area contributed by atoms with Gasteiger partial charge in [0.25, 0.3) is 5.17 Å². The first-order valence-corrected chi connectivity index (χ1v) is 5.14. The number of hydrogen-bond donors (Lipinski definition) is 0. The molecule has 0 aliphatic carbocycles. The van der Waals surface area contributed by atoms with Gasteiger partial charge in [0, 0.05) is 20.3 Å². The maximum atomic E-state index is 5.65. The molecule has 0 atom stereocenters. The standard InChI is InChI=1S/C7H9ClN2OS2/c1-10(2)7(12)11-4-5-3-9-6(8)13-5/h3H,4H2,1-2H3. The topological polar surface area (TPSA) is 25.4 Å². The van der Waals surface area contributed by atoms with Gasteiger partial charge in [-0.25, -0.2) is 4.98 Å². The van der Waals surface area contributed by atoms with Gasteiger partial charge in [0.15, 0.2) is 4.47 Å². The number of halogens is 1. The van der Waals surface area contributed by atoms with E-state index >= 15 is 0 Å². The van der Waals surface area contributed by atoms with E-state index in [2.05, 4.69) is 4.98 Å². The zero-order chi connectivity index (χ0) is 9.84. The predicted octanol–water partition coefficient (Wildman–Crippen LogP) is 2.16. The third-order valence-corrected chi connectivity index (χ3v) is 2.80. The largest absolute Gasteiger partial charge is 0.465 e. The van der Waals surface area contributed by atoms with Crippen LogP contribution >= 0.6 is 35.2 Å². The third-order valence-electron chi connectivity index (χ3n) is 1.23. The van der Waals surface area contributed by atoms with Crippen molar-refractivity contribution in [3.8, 4) is 0 Å². The van der Waals surface area contributed by atoms with E-state index in [1.54, 1.807) is 11.1 Å². The highest BCUT2D eigenvalue weighted by Gasteiger charge is 2.03. The smallest absolute Gasteiger partial charge is 0.259 e. The Morgan fingerprint density at radius 2 is 2.46 bits per heavy atom. The highest BCUT2D eigenvalue weighted by atomic mass is 35.5. The van der Waals surface area contributed by atoms with E-state index < -0.39 is 0 Å². The second kappa shape index (κ2) is 4.74. The summed E-state index contributed by atoms with van der Waals surface area (Å²) in [6.45, 7) is 0.432. The average Bonchev–Trinajstić information content (AvgIpc) is 2.47. The molecule has 1 aromatic heterocycles. The molecule has 0 aliphatic rings. The van der Waals surface area contributed by atoms with Crippen molar-refractivity contribution < 1.29 is 4.74 Å². The van der Waals surface area contributed by atoms with E-state index in [1.165, 1.54) is 11.3 Å². The van der Waals surface area contributed by atoms with Crippen molar-refractivity contribution in [2.24, 2.45) is 0 Å². The first-order chi connectivity index (χ1) is 6.09. The fraction of sp³-hybridized carbons (Fsp3) is 0.429. The van der Waals surface area contributed by atoms with Crippen molar-refractivity contribution in [2.75, 3.05) is 14.1 Å². The van der Waals surface area contributed by atoms with Crippen LogP contribution in [0.15, 0.2) is 6.20 Å². The fourth-order valence-corrected chi connectivity index (χ4v) is 1.56. The molecular formula is C7H9ClN2OS2. The Bertz CT molecular complexity index is 300. The van der Waals surface area contributed by atoms with Crippen molar-refractivity contribution in [3.63, 3.8) is 0 Å². The van der Waals surface area contributed by atoms with Crippen LogP contribution in [0, 0.1) is 0 Å². The van der Waals surface area contributed by atoms with Crippen LogP contribution in [0.3, 0.4) is 0 Å². The van der Waals surface area contributed by atoms with Crippen LogP contribution in [-0.4, -0.2) is 29.2 Å². The lowest BCUT2D eigenvalue weighted by atomic mass is 10.6. The molecule has 0 bridgehead atoms. The number of thiazole rings is 1. The van der Waals surface area contributed by atoms with Crippen LogP contribution in [0.25, 0.3) is 0 Å². The molecular weight excluding hydrogens is 228 g/mol. The average molecular weight is 237 g/mol. The summed E-state index contributed by atoms with van der Waals surface area (Å²) in [4.78, 5) is 6.59. The van der Waals surface area contributed by atoms with Crippen LogP contribution in [0.5, 0.6) is 0 Å². The van der Waals surface area contributed by atoms with Crippen LogP contribution in [0.1, 0.15) is 4.88 Å². The Labute approximate surface area is 91.3 Å². The van der Waals surface area contributed by atoms with Crippen molar-refractivity contribution >= 4 is 40.3 Å². The van der Waals surface area contributed by atoms with Gasteiger partial charge in [-0.1, -0.05) is 11.6 Å². The zero-order valence-electron chi connectivity index (χ0n) is 7.28. The highest BCUT2D eigenvalue weighted by molar-refractivity contribution is 7.80. The van der Waals surface area contributed by atoms with Gasteiger partial charge in [0.2, 0.25) is 0 Å². The number of thiocarbonyl (C=S) groups is 1. The second-order valence-corrected chi connectivity index (χ2v) is 4.58. The molecule has 0 spiro atoms. The molecule has 1 rings (SSSR count). The number of ether oxygens (including phenoxy) is 1. The first kappa shape index (κ1) is 10.7. The molecule has 0 fully saturated rings. The van der Waals surface area contributed by atoms with E-state index in [9.17, 15) is 0 Å². The molecule has 0 saturated heterocycles. The molecule has 0 aromatic carbocycles. The van der Waals surface area contributed by atoms with Gasteiger partial charge in [-0.15, -0.1) is 11.3 Å². The Balaban J connectivity index is 2.39. The summed E-state index contributed by atoms with van der Waals surface area (Å²) in [7, 11) is 3.67. The van der Waals surface area contributed by atoms with E-state index in [0.29, 0.717) is 16.2 Å². The Morgan fingerprint density at radius 1 is 1.77 bits per heavy atom. The van der Waals surface area contributed by atoms with E-state index in [-0.39, 0.29) is 0 Å². The summed E-state index contributed by atoms with van der Waals surface area (Å²) in [5.74, 6) is 0. The number of hydrogen-bond acceptors (Lipinski definition) is 4. The van der Waals surface area contributed by atoms with Gasteiger partial charge < -0.3 is 9.64 Å². The maximum Gasteiger partial charge on any atom is 0.259 e. The molecule has 0 saturated carbocycles. The minimum Gasteiger partial charge on any atom is -0.465 e. The second-order valence-electron chi connectivity index (χ2n) is 2.53. The minimum absolute atomic E-state index is 0.432. The molecule has 0 unspecified atom stereocenters. The molecule has 1 aromatic rings. The first-order valence-electron chi connectivity index (χ1n) is 3.54. The van der Waals surface area contributed by atoms with Crippen LogP contribution in [-0.2, 0) is 11.3 Å². The quantitative estimate of drug-likeness (QED) is 0.735. The molecule has 0 radical (unpaired) electrons. The van der Waals surface area contributed by atoms with Crippen LogP contribution in [0.2, 0.25) is 4.47 Å². The Kier molecular flexibility index (Phi) is 3.90. The lowest BCUT2D eigenvalue weighted by molar-refractivity contribution is 0.260. The predicted molar refractivity (Wildman–Crippen MR) is 58.2 cm³/mol. The van der Waals surface area contributed by atoms with E-state index in [4.69, 9.17) is 28.6 Å². The summed E-state index contributed by atoms with van der Waals surface area (Å²) in [6.07, 6.45) is 1.69. The van der Waals surface area contributed by atoms with Gasteiger partial charge >= 0.3 is 0 Å². The molecule has 1 heterocycles. The Morgan fingerprint density at radius 3 is 2.92 bits per heavy atom. The molecule has 0 aliphatic heterocycles. The summed E-state index contributed by atoms with van der Waals surface area (Å²) >= 11 is 12.0. The van der Waals surface area contributed by atoms with Gasteiger partial charge in [-0.2, -0.15) is 0 Å². The summed E-state index contributed by atoms with van der Waals surface area (Å²) in [5.41, 5.74) is 0. The molecule has 13 heavy (non-hydrogen) atoms. The monoisotopic (exact) mass is 236 g/mol. The van der Waals surface area contributed by atoms with Crippen molar-refractivity contribution in [2.45, 2.75) is 6.61 Å². The lowest BCUT2D eigenvalue weighted by Gasteiger charge is -2.13. The van der Waals surface area contributed by atoms with Crippen molar-refractivity contribution in [1.29, 1.82) is 0 Å². The molecule has 0 amide bonds. The van der Waals surface area contributed by atoms with E-state index in [1.807, 2.05) is 14.1 Å². The van der Waals surface area contributed by atoms with Gasteiger partial charge in [0.1, 0.15) is 6.61 Å². The zero-order valence-corrected chi connectivity index (χ0v) is 9.67. The normalized spacial score (nSPS) is 9.77. The lowest BCUT2D eigenvalue weighted by Crippen LogP contribution is -2.21. The van der Waals surface area contributed by atoms with Crippen molar-refractivity contribution in [1.82, 2.24) is 9.88 Å². The number of rotatable bonds is 2. The number of aromatic nitrogens is 1. The fourth-order valence-electron chi connectivity index (χ4n) is 0.612. The minimum atomic E-state index is 0.432. The summed E-state index contributed by atoms with van der Waals surface area (Å²) < 4.78 is 5.79.